The molecule has 3 atom stereocenters. The van der Waals surface area contributed by atoms with E-state index in [-0.39, 0.29) is 24.9 Å². The van der Waals surface area contributed by atoms with Crippen LogP contribution in [0.2, 0.25) is 0 Å². The van der Waals surface area contributed by atoms with Crippen molar-refractivity contribution in [2.24, 2.45) is 5.92 Å². The molecule has 10 heteroatoms. The highest BCUT2D eigenvalue weighted by Gasteiger charge is 2.51. The number of carbonyl (C=O) groups is 1. The number of phenols is 1. The van der Waals surface area contributed by atoms with Crippen LogP contribution in [-0.4, -0.2) is 29.4 Å². The highest BCUT2D eigenvalue weighted by Crippen LogP contribution is 2.44. The van der Waals surface area contributed by atoms with E-state index in [1.54, 1.807) is 0 Å². The third kappa shape index (κ3) is 3.21. The molecule has 2 aliphatic rings. The van der Waals surface area contributed by atoms with Crippen LogP contribution in [0.5, 0.6) is 5.75 Å². The van der Waals surface area contributed by atoms with Crippen molar-refractivity contribution in [2.75, 3.05) is 4.90 Å². The van der Waals surface area contributed by atoms with Gasteiger partial charge in [0.15, 0.2) is 0 Å². The van der Waals surface area contributed by atoms with Crippen molar-refractivity contribution in [1.29, 1.82) is 0 Å². The Balaban J connectivity index is 1.91. The van der Waals surface area contributed by atoms with Crippen LogP contribution in [0.1, 0.15) is 24.8 Å². The van der Waals surface area contributed by atoms with E-state index in [0.717, 1.165) is 11.0 Å². The molecule has 2 fully saturated rings. The zero-order valence-electron chi connectivity index (χ0n) is 12.7. The summed E-state index contributed by atoms with van der Waals surface area (Å²) in [5.74, 6) is -2.11. The summed E-state index contributed by atoms with van der Waals surface area (Å²) in [6.45, 7) is 0. The lowest BCUT2D eigenvalue weighted by Gasteiger charge is -2.35. The minimum atomic E-state index is -4.67. The van der Waals surface area contributed by atoms with Crippen LogP contribution in [-0.2, 0) is 6.18 Å². The van der Waals surface area contributed by atoms with Gasteiger partial charge < -0.3 is 10.4 Å². The summed E-state index contributed by atoms with van der Waals surface area (Å²) in [4.78, 5) is 13.1. The first-order chi connectivity index (χ1) is 11.5. The number of hydrogen-bond donors (Lipinski definition) is 2. The number of nitrogens with one attached hydrogen (secondary N) is 1. The lowest BCUT2D eigenvalue weighted by atomic mass is 9.82. The van der Waals surface area contributed by atoms with Crippen LogP contribution in [0.4, 0.5) is 36.8 Å². The summed E-state index contributed by atoms with van der Waals surface area (Å²) in [7, 11) is 0. The number of rotatable bonds is 1. The third-order valence-electron chi connectivity index (χ3n) is 4.70. The highest BCUT2D eigenvalue weighted by molar-refractivity contribution is 5.97. The lowest BCUT2D eigenvalue weighted by Crippen LogP contribution is -2.44. The number of carbonyl (C=O) groups excluding carboxylic acids is 1. The number of benzene rings is 1. The fourth-order valence-electron chi connectivity index (χ4n) is 3.48. The predicted molar refractivity (Wildman–Crippen MR) is 75.1 cm³/mol. The van der Waals surface area contributed by atoms with Crippen molar-refractivity contribution < 1.29 is 36.2 Å². The van der Waals surface area contributed by atoms with Gasteiger partial charge in [-0.25, -0.2) is 4.79 Å². The van der Waals surface area contributed by atoms with Gasteiger partial charge in [0.05, 0.1) is 29.3 Å². The minimum Gasteiger partial charge on any atom is -0.506 e. The van der Waals surface area contributed by atoms with Crippen molar-refractivity contribution in [2.45, 2.75) is 43.7 Å². The Labute approximate surface area is 138 Å². The van der Waals surface area contributed by atoms with Crippen molar-refractivity contribution in [1.82, 2.24) is 5.32 Å². The zero-order valence-corrected chi connectivity index (χ0v) is 12.7. The normalized spacial score (nSPS) is 27.2. The fraction of sp³-hybridized carbons (Fsp3) is 0.533. The molecule has 0 radical (unpaired) electrons. The molecule has 138 valence electrons. The molecule has 0 bridgehead atoms. The number of nitrogens with zero attached hydrogens (tertiary/aromatic N) is 1. The number of fused-ring (bicyclic) bond motifs is 1. The molecule has 1 aromatic carbocycles. The van der Waals surface area contributed by atoms with Gasteiger partial charge in [0, 0.05) is 0 Å². The molecular formula is C15H14F6N2O2. The molecule has 25 heavy (non-hydrogen) atoms. The lowest BCUT2D eigenvalue weighted by molar-refractivity contribution is -0.183. The molecule has 1 aliphatic carbocycles. The summed E-state index contributed by atoms with van der Waals surface area (Å²) in [6.07, 6.45) is -9.65. The minimum absolute atomic E-state index is 0.0245. The molecule has 1 aliphatic heterocycles. The molecule has 1 saturated carbocycles. The third-order valence-corrected chi connectivity index (χ3v) is 4.70. The fourth-order valence-corrected chi connectivity index (χ4v) is 3.48. The second kappa shape index (κ2) is 5.70. The van der Waals surface area contributed by atoms with E-state index in [1.807, 2.05) is 0 Å². The summed E-state index contributed by atoms with van der Waals surface area (Å²) in [5.41, 5.74) is -1.41. The predicted octanol–water partition coefficient (Wildman–Crippen LogP) is 4.04. The Morgan fingerprint density at radius 1 is 1.12 bits per heavy atom. The average molecular weight is 368 g/mol. The SMILES string of the molecule is O=C1NC2CC(C(F)(F)F)CCC2N1c1cc(C(F)(F)F)ccc1O. The van der Waals surface area contributed by atoms with Crippen LogP contribution in [0, 0.1) is 5.92 Å². The molecule has 4 nitrogen and oxygen atoms in total. The van der Waals surface area contributed by atoms with Gasteiger partial charge in [-0.1, -0.05) is 0 Å². The largest absolute Gasteiger partial charge is 0.506 e. The summed E-state index contributed by atoms with van der Waals surface area (Å²) in [5, 5.41) is 12.3. The van der Waals surface area contributed by atoms with Crippen LogP contribution >= 0.6 is 0 Å². The van der Waals surface area contributed by atoms with Crippen LogP contribution in [0.3, 0.4) is 0 Å². The van der Waals surface area contributed by atoms with E-state index in [1.165, 1.54) is 0 Å². The number of alkyl halides is 6. The van der Waals surface area contributed by atoms with E-state index < -0.39 is 47.7 Å². The number of amides is 2. The van der Waals surface area contributed by atoms with Gasteiger partial charge in [0.25, 0.3) is 0 Å². The summed E-state index contributed by atoms with van der Waals surface area (Å²) in [6, 6.07) is -0.257. The number of phenolic OH excluding ortho intramolecular Hbond substituents is 1. The molecule has 1 heterocycles. The van der Waals surface area contributed by atoms with E-state index in [2.05, 4.69) is 5.32 Å². The number of hydrogen-bond acceptors (Lipinski definition) is 2. The standard InChI is InChI=1S/C15H14F6N2O2/c16-14(17,18)7-1-3-10-9(5-7)22-13(25)23(10)11-6-8(15(19,20)21)2-4-12(11)24/h2,4,6-7,9-10,24H,1,3,5H2,(H,22,25). The van der Waals surface area contributed by atoms with Crippen LogP contribution in [0.15, 0.2) is 18.2 Å². The number of anilines is 1. The molecule has 3 unspecified atom stereocenters. The second-order valence-corrected chi connectivity index (χ2v) is 6.25. The van der Waals surface area contributed by atoms with Crippen LogP contribution in [0.25, 0.3) is 0 Å². The quantitative estimate of drug-likeness (QED) is 0.735. The first kappa shape index (κ1) is 17.7. The molecule has 2 amide bonds. The van der Waals surface area contributed by atoms with Gasteiger partial charge in [-0.05, 0) is 37.5 Å². The van der Waals surface area contributed by atoms with Crippen molar-refractivity contribution in [3.63, 3.8) is 0 Å². The van der Waals surface area contributed by atoms with Gasteiger partial charge in [0.2, 0.25) is 0 Å². The smallest absolute Gasteiger partial charge is 0.416 e. The van der Waals surface area contributed by atoms with Gasteiger partial charge in [-0.15, -0.1) is 0 Å². The van der Waals surface area contributed by atoms with Gasteiger partial charge in [0.1, 0.15) is 5.75 Å². The van der Waals surface area contributed by atoms with Crippen molar-refractivity contribution in [3.05, 3.63) is 23.8 Å². The first-order valence-corrected chi connectivity index (χ1v) is 7.55. The van der Waals surface area contributed by atoms with Crippen molar-refractivity contribution >= 4 is 11.7 Å². The molecule has 0 aromatic heterocycles. The monoisotopic (exact) mass is 368 g/mol. The molecular weight excluding hydrogens is 354 g/mol. The van der Waals surface area contributed by atoms with E-state index in [0.29, 0.717) is 12.1 Å². The van der Waals surface area contributed by atoms with Crippen LogP contribution < -0.4 is 10.2 Å². The van der Waals surface area contributed by atoms with Gasteiger partial charge >= 0.3 is 18.4 Å². The van der Waals surface area contributed by atoms with E-state index in [4.69, 9.17) is 0 Å². The Kier molecular flexibility index (Phi) is 4.03. The second-order valence-electron chi connectivity index (χ2n) is 6.25. The molecule has 0 spiro atoms. The van der Waals surface area contributed by atoms with E-state index >= 15 is 0 Å². The summed E-state index contributed by atoms with van der Waals surface area (Å²) < 4.78 is 77.2. The Morgan fingerprint density at radius 2 is 1.80 bits per heavy atom. The first-order valence-electron chi connectivity index (χ1n) is 7.55. The average Bonchev–Trinajstić information content (AvgIpc) is 2.80. The number of aromatic hydroxyl groups is 1. The number of halogens is 6. The maximum absolute atomic E-state index is 12.9. The zero-order chi connectivity index (χ0) is 18.6. The maximum atomic E-state index is 12.9. The van der Waals surface area contributed by atoms with E-state index in [9.17, 15) is 36.2 Å². The van der Waals surface area contributed by atoms with Gasteiger partial charge in [-0.2, -0.15) is 26.3 Å². The molecule has 2 N–H and O–H groups in total. The Hall–Kier alpha value is -2.13. The molecule has 3 rings (SSSR count). The van der Waals surface area contributed by atoms with Crippen molar-refractivity contribution in [3.8, 4) is 5.75 Å². The van der Waals surface area contributed by atoms with Gasteiger partial charge in [-0.3, -0.25) is 4.90 Å². The summed E-state index contributed by atoms with van der Waals surface area (Å²) >= 11 is 0. The molecule has 1 saturated heterocycles. The highest BCUT2D eigenvalue weighted by atomic mass is 19.4. The molecule has 1 aromatic rings. The topological polar surface area (TPSA) is 52.6 Å². The Bertz CT molecular complexity index is 688. The number of urea groups is 1. The Morgan fingerprint density at radius 3 is 2.40 bits per heavy atom. The maximum Gasteiger partial charge on any atom is 0.416 e.